The molecule has 0 radical (unpaired) electrons. The number of amides is 4. The van der Waals surface area contributed by atoms with Gasteiger partial charge in [-0.05, 0) is 70.2 Å². The number of carbonyl (C=O) groups is 4. The van der Waals surface area contributed by atoms with Gasteiger partial charge in [-0.15, -0.1) is 0 Å². The average molecular weight is 531 g/mol. The Morgan fingerprint density at radius 1 is 0.615 bits per heavy atom. The summed E-state index contributed by atoms with van der Waals surface area (Å²) in [5.74, 6) is -1.07. The maximum absolute atomic E-state index is 14.3. The Bertz CT molecular complexity index is 1290. The highest BCUT2D eigenvalue weighted by Gasteiger charge is 2.54. The first kappa shape index (κ1) is 26.3. The Balaban J connectivity index is 1.47. The van der Waals surface area contributed by atoms with Gasteiger partial charge in [-0.1, -0.05) is 38.5 Å². The van der Waals surface area contributed by atoms with Crippen LogP contribution in [-0.2, 0) is 0 Å². The molecule has 0 N–H and O–H groups in total. The zero-order chi connectivity index (χ0) is 27.3. The minimum Gasteiger partial charge on any atom is -0.267 e. The van der Waals surface area contributed by atoms with Gasteiger partial charge >= 0.3 is 11.8 Å². The second-order valence-electron chi connectivity index (χ2n) is 12.2. The zero-order valence-electron chi connectivity index (χ0n) is 23.3. The van der Waals surface area contributed by atoms with E-state index >= 15 is 0 Å². The van der Waals surface area contributed by atoms with Crippen LogP contribution in [0.1, 0.15) is 132 Å². The quantitative estimate of drug-likeness (QED) is 0.322. The third kappa shape index (κ3) is 4.00. The molecular formula is C32H40N3O4+. The van der Waals surface area contributed by atoms with E-state index < -0.39 is 0 Å². The molecule has 4 heterocycles. The van der Waals surface area contributed by atoms with Crippen LogP contribution in [0.25, 0.3) is 10.8 Å². The van der Waals surface area contributed by atoms with E-state index in [1.807, 2.05) is 11.9 Å². The van der Waals surface area contributed by atoms with Crippen molar-refractivity contribution in [2.45, 2.75) is 103 Å². The summed E-state index contributed by atoms with van der Waals surface area (Å²) in [4.78, 5) is 56.6. The Morgan fingerprint density at radius 3 is 1.74 bits per heavy atom. The van der Waals surface area contributed by atoms with Crippen molar-refractivity contribution in [3.8, 4) is 0 Å². The van der Waals surface area contributed by atoms with Crippen LogP contribution in [0.4, 0.5) is 0 Å². The summed E-state index contributed by atoms with van der Waals surface area (Å²) in [5, 5.41) is 4.28. The highest BCUT2D eigenvalue weighted by atomic mass is 16.2. The second-order valence-corrected chi connectivity index (χ2v) is 12.2. The average Bonchev–Trinajstić information content (AvgIpc) is 3.10. The lowest BCUT2D eigenvalue weighted by molar-refractivity contribution is -0.793. The molecule has 7 heteroatoms. The Kier molecular flexibility index (Phi) is 6.92. The fourth-order valence-corrected chi connectivity index (χ4v) is 7.57. The fraction of sp³-hybridized carbons (Fsp3) is 0.562. The van der Waals surface area contributed by atoms with E-state index in [1.54, 1.807) is 24.3 Å². The van der Waals surface area contributed by atoms with Crippen molar-refractivity contribution in [2.75, 3.05) is 13.1 Å². The topological polar surface area (TPSA) is 74.8 Å². The molecule has 6 rings (SSSR count). The first-order valence-electron chi connectivity index (χ1n) is 15.1. The Morgan fingerprint density at radius 2 is 1.10 bits per heavy atom. The smallest absolute Gasteiger partial charge is 0.267 e. The van der Waals surface area contributed by atoms with Gasteiger partial charge in [0.15, 0.2) is 0 Å². The van der Waals surface area contributed by atoms with Crippen molar-refractivity contribution in [3.63, 3.8) is 0 Å². The van der Waals surface area contributed by atoms with Crippen molar-refractivity contribution in [2.24, 2.45) is 0 Å². The zero-order valence-corrected chi connectivity index (χ0v) is 23.3. The summed E-state index contributed by atoms with van der Waals surface area (Å²) < 4.78 is -0.180. The van der Waals surface area contributed by atoms with Crippen LogP contribution >= 0.6 is 0 Å². The van der Waals surface area contributed by atoms with Crippen molar-refractivity contribution in [1.29, 1.82) is 0 Å². The summed E-state index contributed by atoms with van der Waals surface area (Å²) in [6.45, 7) is 5.28. The van der Waals surface area contributed by atoms with Gasteiger partial charge in [0.05, 0.1) is 28.8 Å². The molecule has 1 spiro atoms. The first-order valence-corrected chi connectivity index (χ1v) is 15.1. The van der Waals surface area contributed by atoms with Crippen LogP contribution < -0.4 is 0 Å². The largest absolute Gasteiger partial charge is 0.354 e. The van der Waals surface area contributed by atoms with Crippen LogP contribution in [-0.4, -0.2) is 63.3 Å². The molecular weight excluding hydrogens is 490 g/mol. The number of hydrogen-bond acceptors (Lipinski definition) is 5. The highest BCUT2D eigenvalue weighted by molar-refractivity contribution is 6.31. The summed E-state index contributed by atoms with van der Waals surface area (Å²) in [6, 6.07) is 6.88. The summed E-state index contributed by atoms with van der Waals surface area (Å²) in [7, 11) is 0. The molecule has 2 atom stereocenters. The lowest BCUT2D eigenvalue weighted by atomic mass is 9.84. The standard InChI is InChI=1S/C32H40N3O4/c1-21-13-9-5-3-7-11-19-33(21)34-29(36)23-15-17-25-28-26(18-16-24(27(23)28)30(34)37)32(39)35(31(25)38)20-12-8-4-6-10-14-22(35)2/h15-18,21-22H,3-14,19-20H2,1-2H3/q+1. The van der Waals surface area contributed by atoms with Gasteiger partial charge in [-0.2, -0.15) is 4.48 Å². The molecule has 4 aliphatic rings. The van der Waals surface area contributed by atoms with Gasteiger partial charge < -0.3 is 0 Å². The van der Waals surface area contributed by atoms with E-state index in [9.17, 15) is 19.2 Å². The third-order valence-electron chi connectivity index (χ3n) is 9.85. The van der Waals surface area contributed by atoms with Gasteiger partial charge in [0.25, 0.3) is 11.8 Å². The van der Waals surface area contributed by atoms with E-state index in [1.165, 1.54) is 17.9 Å². The molecule has 0 aliphatic carbocycles. The van der Waals surface area contributed by atoms with Gasteiger partial charge in [-0.25, -0.2) is 19.6 Å². The number of nitrogens with zero attached hydrogens (tertiary/aromatic N) is 3. The molecule has 39 heavy (non-hydrogen) atoms. The maximum Gasteiger partial charge on any atom is 0.354 e. The predicted molar refractivity (Wildman–Crippen MR) is 149 cm³/mol. The Hall–Kier alpha value is -2.90. The summed E-state index contributed by atoms with van der Waals surface area (Å²) in [5.41, 5.74) is 1.76. The van der Waals surface area contributed by atoms with Crippen LogP contribution in [0.15, 0.2) is 24.3 Å². The molecule has 2 aromatic rings. The Labute approximate surface area is 230 Å². The van der Waals surface area contributed by atoms with Gasteiger partial charge in [0.1, 0.15) is 6.04 Å². The van der Waals surface area contributed by atoms with Crippen molar-refractivity contribution in [1.82, 2.24) is 10.0 Å². The molecule has 2 saturated heterocycles. The van der Waals surface area contributed by atoms with E-state index in [4.69, 9.17) is 0 Å². The van der Waals surface area contributed by atoms with Gasteiger partial charge in [-0.3, -0.25) is 9.59 Å². The second kappa shape index (κ2) is 10.3. The molecule has 2 aromatic carbocycles. The molecule has 0 saturated carbocycles. The summed E-state index contributed by atoms with van der Waals surface area (Å²) in [6.07, 6.45) is 12.3. The number of quaternary nitrogens is 1. The molecule has 206 valence electrons. The first-order chi connectivity index (χ1) is 18.9. The molecule has 4 amide bonds. The minimum absolute atomic E-state index is 0.0654. The lowest BCUT2D eigenvalue weighted by Crippen LogP contribution is -2.64. The number of benzene rings is 2. The van der Waals surface area contributed by atoms with Crippen molar-refractivity contribution >= 4 is 34.4 Å². The van der Waals surface area contributed by atoms with Crippen LogP contribution in [0.5, 0.6) is 0 Å². The molecule has 0 bridgehead atoms. The SMILES string of the molecule is CC1CCCCCCCN1N1C(=O)c2ccc3c4c(ccc(c24)C1=O)C(=O)[N+]1(CCCCCCCC1C)C3=O. The van der Waals surface area contributed by atoms with Crippen LogP contribution in [0.3, 0.4) is 0 Å². The minimum atomic E-state index is -0.354. The predicted octanol–water partition coefficient (Wildman–Crippen LogP) is 6.25. The van der Waals surface area contributed by atoms with Crippen LogP contribution in [0.2, 0.25) is 0 Å². The number of imide groups is 2. The number of carbonyl (C=O) groups excluding carboxylic acids is 4. The van der Waals surface area contributed by atoms with Gasteiger partial charge in [0.2, 0.25) is 0 Å². The monoisotopic (exact) mass is 530 g/mol. The van der Waals surface area contributed by atoms with E-state index in [2.05, 4.69) is 6.92 Å². The van der Waals surface area contributed by atoms with E-state index in [0.717, 1.165) is 64.2 Å². The van der Waals surface area contributed by atoms with Crippen molar-refractivity contribution in [3.05, 3.63) is 46.5 Å². The number of hydrazine groups is 1. The normalized spacial score (nSPS) is 26.6. The van der Waals surface area contributed by atoms with Crippen LogP contribution in [0, 0.1) is 0 Å². The molecule has 2 unspecified atom stereocenters. The van der Waals surface area contributed by atoms with Gasteiger partial charge in [0, 0.05) is 29.8 Å². The summed E-state index contributed by atoms with van der Waals surface area (Å²) >= 11 is 0. The third-order valence-corrected chi connectivity index (χ3v) is 9.85. The fourth-order valence-electron chi connectivity index (χ4n) is 7.57. The lowest BCUT2D eigenvalue weighted by Gasteiger charge is -2.42. The molecule has 0 aromatic heterocycles. The number of rotatable bonds is 1. The van der Waals surface area contributed by atoms with E-state index in [0.29, 0.717) is 46.1 Å². The number of hydrogen-bond donors (Lipinski definition) is 0. The van der Waals surface area contributed by atoms with E-state index in [-0.39, 0.29) is 40.2 Å². The molecule has 4 aliphatic heterocycles. The maximum atomic E-state index is 14.3. The molecule has 7 nitrogen and oxygen atoms in total. The van der Waals surface area contributed by atoms with Crippen molar-refractivity contribution < 1.29 is 23.7 Å². The molecule has 2 fully saturated rings. The highest BCUT2D eigenvalue weighted by Crippen LogP contribution is 2.42.